The highest BCUT2D eigenvalue weighted by Crippen LogP contribution is 2.16. The highest BCUT2D eigenvalue weighted by Gasteiger charge is 2.12. The third-order valence-corrected chi connectivity index (χ3v) is 3.11. The van der Waals surface area contributed by atoms with Crippen molar-refractivity contribution in [2.24, 2.45) is 0 Å². The van der Waals surface area contributed by atoms with Crippen LogP contribution in [0.15, 0.2) is 28.7 Å². The summed E-state index contributed by atoms with van der Waals surface area (Å²) in [4.78, 5) is 22.1. The number of hydrogen-bond acceptors (Lipinski definition) is 3. The number of ether oxygens (including phenoxy) is 1. The van der Waals surface area contributed by atoms with Crippen molar-refractivity contribution in [1.82, 2.24) is 5.32 Å². The van der Waals surface area contributed by atoms with Crippen molar-refractivity contribution in [3.05, 3.63) is 40.1 Å². The van der Waals surface area contributed by atoms with Gasteiger partial charge in [0.05, 0.1) is 12.5 Å². The van der Waals surface area contributed by atoms with E-state index in [0.29, 0.717) is 4.47 Å². The van der Waals surface area contributed by atoms with E-state index >= 15 is 0 Å². The largest absolute Gasteiger partial charge is 0.481 e. The van der Waals surface area contributed by atoms with Gasteiger partial charge >= 0.3 is 5.97 Å². The molecule has 0 aromatic heterocycles. The predicted octanol–water partition coefficient (Wildman–Crippen LogP) is 2.21. The smallest absolute Gasteiger partial charge is 0.306 e. The van der Waals surface area contributed by atoms with E-state index in [4.69, 9.17) is 9.84 Å². The molecule has 7 heteroatoms. The van der Waals surface area contributed by atoms with Crippen LogP contribution in [0.3, 0.4) is 0 Å². The molecule has 0 aliphatic rings. The molecule has 5 nitrogen and oxygen atoms in total. The van der Waals surface area contributed by atoms with E-state index in [-0.39, 0.29) is 18.5 Å². The van der Waals surface area contributed by atoms with Crippen molar-refractivity contribution < 1.29 is 23.8 Å². The number of aliphatic carboxylic acids is 1. The van der Waals surface area contributed by atoms with Gasteiger partial charge in [-0.1, -0.05) is 15.9 Å². The van der Waals surface area contributed by atoms with Crippen molar-refractivity contribution >= 4 is 33.9 Å². The highest BCUT2D eigenvalue weighted by molar-refractivity contribution is 9.10. The highest BCUT2D eigenvalue weighted by atomic mass is 79.9. The first-order chi connectivity index (χ1) is 9.92. The van der Waals surface area contributed by atoms with Gasteiger partial charge in [0.1, 0.15) is 5.82 Å². The van der Waals surface area contributed by atoms with Gasteiger partial charge in [-0.3, -0.25) is 9.59 Å². The molecule has 21 heavy (non-hydrogen) atoms. The molecular formula is C14H15BrFNO4. The monoisotopic (exact) mass is 359 g/mol. The molecule has 0 aliphatic heterocycles. The average molecular weight is 360 g/mol. The Morgan fingerprint density at radius 2 is 2.24 bits per heavy atom. The molecular weight excluding hydrogens is 345 g/mol. The lowest BCUT2D eigenvalue weighted by atomic mass is 10.2. The lowest BCUT2D eigenvalue weighted by Gasteiger charge is -2.12. The molecule has 1 atom stereocenters. The van der Waals surface area contributed by atoms with Gasteiger partial charge in [0.25, 0.3) is 0 Å². The van der Waals surface area contributed by atoms with Crippen LogP contribution in [0.2, 0.25) is 0 Å². The van der Waals surface area contributed by atoms with Crippen molar-refractivity contribution in [1.29, 1.82) is 0 Å². The zero-order chi connectivity index (χ0) is 15.8. The number of carbonyl (C=O) groups is 2. The summed E-state index contributed by atoms with van der Waals surface area (Å²) in [7, 11) is 1.37. The van der Waals surface area contributed by atoms with E-state index in [9.17, 15) is 14.0 Å². The summed E-state index contributed by atoms with van der Waals surface area (Å²) in [6.07, 6.45) is 1.70. The molecule has 0 aliphatic carbocycles. The van der Waals surface area contributed by atoms with Crippen LogP contribution >= 0.6 is 15.9 Å². The standard InChI is InChI=1S/C14H15BrFNO4/c1-21-11(7-14(19)20)8-17-13(18)5-2-9-6-10(15)3-4-12(9)16/h2-6,11H,7-8H2,1H3,(H,17,18)(H,19,20)/b5-2+. The Kier molecular flexibility index (Phi) is 7.04. The first kappa shape index (κ1) is 17.3. The van der Waals surface area contributed by atoms with Crippen LogP contribution in [0.25, 0.3) is 6.08 Å². The number of methoxy groups -OCH3 is 1. The molecule has 0 bridgehead atoms. The molecule has 0 saturated carbocycles. The normalized spacial score (nSPS) is 12.3. The predicted molar refractivity (Wildman–Crippen MR) is 79.2 cm³/mol. The summed E-state index contributed by atoms with van der Waals surface area (Å²) < 4.78 is 19.1. The van der Waals surface area contributed by atoms with E-state index in [1.54, 1.807) is 12.1 Å². The van der Waals surface area contributed by atoms with Gasteiger partial charge in [-0.25, -0.2) is 4.39 Å². The number of hydrogen-bond donors (Lipinski definition) is 2. The fourth-order valence-electron chi connectivity index (χ4n) is 1.51. The van der Waals surface area contributed by atoms with Crippen LogP contribution < -0.4 is 5.32 Å². The van der Waals surface area contributed by atoms with Gasteiger partial charge in [-0.05, 0) is 24.3 Å². The maximum atomic E-state index is 13.4. The quantitative estimate of drug-likeness (QED) is 0.731. The van der Waals surface area contributed by atoms with Gasteiger partial charge < -0.3 is 15.2 Å². The second-order valence-corrected chi connectivity index (χ2v) is 5.12. The molecule has 0 spiro atoms. The summed E-state index contributed by atoms with van der Waals surface area (Å²) in [6.45, 7) is 0.0624. The van der Waals surface area contributed by atoms with Gasteiger partial charge in [0, 0.05) is 29.8 Å². The molecule has 2 N–H and O–H groups in total. The zero-order valence-corrected chi connectivity index (χ0v) is 12.9. The minimum atomic E-state index is -1.01. The Hall–Kier alpha value is -1.73. The van der Waals surface area contributed by atoms with E-state index in [1.807, 2.05) is 0 Å². The fourth-order valence-corrected chi connectivity index (χ4v) is 1.89. The number of halogens is 2. The van der Waals surface area contributed by atoms with Crippen LogP contribution in [0.1, 0.15) is 12.0 Å². The summed E-state index contributed by atoms with van der Waals surface area (Å²) in [5, 5.41) is 11.1. The minimum Gasteiger partial charge on any atom is -0.481 e. The summed E-state index contributed by atoms with van der Waals surface area (Å²) in [5.41, 5.74) is 0.272. The Labute approximate surface area is 129 Å². The first-order valence-electron chi connectivity index (χ1n) is 6.08. The number of carbonyl (C=O) groups excluding carboxylic acids is 1. The van der Waals surface area contributed by atoms with Crippen LogP contribution in [0.5, 0.6) is 0 Å². The molecule has 114 valence electrons. The van der Waals surface area contributed by atoms with Gasteiger partial charge in [-0.2, -0.15) is 0 Å². The van der Waals surface area contributed by atoms with Gasteiger partial charge in [0.2, 0.25) is 5.91 Å². The topological polar surface area (TPSA) is 75.6 Å². The zero-order valence-electron chi connectivity index (χ0n) is 11.3. The van der Waals surface area contributed by atoms with E-state index in [0.717, 1.165) is 0 Å². The third-order valence-electron chi connectivity index (χ3n) is 2.61. The molecule has 1 aromatic carbocycles. The lowest BCUT2D eigenvalue weighted by Crippen LogP contribution is -2.33. The lowest BCUT2D eigenvalue weighted by molar-refractivity contribution is -0.140. The van der Waals surface area contributed by atoms with Gasteiger partial charge in [-0.15, -0.1) is 0 Å². The molecule has 0 radical (unpaired) electrons. The summed E-state index contributed by atoms with van der Waals surface area (Å²) in [6, 6.07) is 4.39. The summed E-state index contributed by atoms with van der Waals surface area (Å²) >= 11 is 3.21. The van der Waals surface area contributed by atoms with Crippen molar-refractivity contribution in [3.8, 4) is 0 Å². The minimum absolute atomic E-state index is 0.0624. The molecule has 0 saturated heterocycles. The Bertz CT molecular complexity index is 548. The molecule has 1 amide bonds. The molecule has 0 fully saturated rings. The summed E-state index contributed by atoms with van der Waals surface area (Å²) in [5.74, 6) is -1.91. The number of rotatable bonds is 7. The van der Waals surface area contributed by atoms with E-state index in [1.165, 1.54) is 25.3 Å². The number of amides is 1. The van der Waals surface area contributed by atoms with Crippen molar-refractivity contribution in [3.63, 3.8) is 0 Å². The Morgan fingerprint density at radius 3 is 2.86 bits per heavy atom. The average Bonchev–Trinajstić information content (AvgIpc) is 2.44. The Balaban J connectivity index is 2.55. The molecule has 1 unspecified atom stereocenters. The molecule has 1 rings (SSSR count). The van der Waals surface area contributed by atoms with Crippen LogP contribution in [-0.4, -0.2) is 36.7 Å². The van der Waals surface area contributed by atoms with Gasteiger partial charge in [0.15, 0.2) is 0 Å². The van der Waals surface area contributed by atoms with Crippen LogP contribution in [0, 0.1) is 5.82 Å². The SMILES string of the molecule is COC(CNC(=O)/C=C/c1cc(Br)ccc1F)CC(=O)O. The van der Waals surface area contributed by atoms with Crippen molar-refractivity contribution in [2.75, 3.05) is 13.7 Å². The second kappa shape index (κ2) is 8.53. The maximum absolute atomic E-state index is 13.4. The van der Waals surface area contributed by atoms with Crippen LogP contribution in [-0.2, 0) is 14.3 Å². The van der Waals surface area contributed by atoms with Crippen molar-refractivity contribution in [2.45, 2.75) is 12.5 Å². The number of benzene rings is 1. The van der Waals surface area contributed by atoms with E-state index in [2.05, 4.69) is 21.2 Å². The maximum Gasteiger partial charge on any atom is 0.306 e. The molecule has 1 aromatic rings. The number of nitrogens with one attached hydrogen (secondary N) is 1. The third kappa shape index (κ3) is 6.50. The van der Waals surface area contributed by atoms with Crippen LogP contribution in [0.4, 0.5) is 4.39 Å². The Morgan fingerprint density at radius 1 is 1.52 bits per heavy atom. The second-order valence-electron chi connectivity index (χ2n) is 4.20. The first-order valence-corrected chi connectivity index (χ1v) is 6.87. The van der Waals surface area contributed by atoms with E-state index < -0.39 is 23.8 Å². The molecule has 0 heterocycles. The number of carboxylic acids is 1. The number of carboxylic acid groups (broad SMARTS) is 1. The fraction of sp³-hybridized carbons (Fsp3) is 0.286.